The van der Waals surface area contributed by atoms with E-state index in [1.165, 1.54) is 12.3 Å². The molecule has 98 valence electrons. The summed E-state index contributed by atoms with van der Waals surface area (Å²) < 4.78 is 4.92. The van der Waals surface area contributed by atoms with E-state index in [4.69, 9.17) is 21.3 Å². The molecule has 8 nitrogen and oxygen atoms in total. The summed E-state index contributed by atoms with van der Waals surface area (Å²) in [4.78, 5) is 24.9. The first kappa shape index (κ1) is 13.7. The number of carbonyl (C=O) groups excluding carboxylic acids is 1. The lowest BCUT2D eigenvalue weighted by Crippen LogP contribution is -2.21. The molecule has 1 rings (SSSR count). The van der Waals surface area contributed by atoms with Crippen LogP contribution in [0.25, 0.3) is 0 Å². The van der Waals surface area contributed by atoms with Gasteiger partial charge >= 0.3 is 5.97 Å². The van der Waals surface area contributed by atoms with E-state index in [1.54, 1.807) is 0 Å². The van der Waals surface area contributed by atoms with E-state index in [2.05, 4.69) is 10.3 Å². The number of aromatic nitrogens is 1. The highest BCUT2D eigenvalue weighted by atomic mass is 16.5. The van der Waals surface area contributed by atoms with Crippen molar-refractivity contribution in [3.05, 3.63) is 17.8 Å². The van der Waals surface area contributed by atoms with Crippen molar-refractivity contribution < 1.29 is 19.4 Å². The third kappa shape index (κ3) is 4.26. The number of pyridine rings is 1. The van der Waals surface area contributed by atoms with Gasteiger partial charge in [-0.25, -0.2) is 9.78 Å². The number of nitrogen functional groups attached to an aromatic ring is 1. The summed E-state index contributed by atoms with van der Waals surface area (Å²) in [7, 11) is 0. The van der Waals surface area contributed by atoms with E-state index in [0.717, 1.165) is 0 Å². The number of anilines is 2. The molecule has 0 spiro atoms. The lowest BCUT2D eigenvalue weighted by Gasteiger charge is -2.08. The van der Waals surface area contributed by atoms with Gasteiger partial charge in [-0.15, -0.1) is 0 Å². The van der Waals surface area contributed by atoms with Crippen molar-refractivity contribution in [2.45, 2.75) is 0 Å². The Morgan fingerprint density at radius 1 is 1.50 bits per heavy atom. The zero-order chi connectivity index (χ0) is 13.5. The fourth-order valence-electron chi connectivity index (χ4n) is 1.16. The first-order valence-corrected chi connectivity index (χ1v) is 5.09. The maximum absolute atomic E-state index is 10.6. The Labute approximate surface area is 103 Å². The fourth-order valence-corrected chi connectivity index (χ4v) is 1.16. The number of hydrogen-bond donors (Lipinski definition) is 4. The number of carboxylic acids is 1. The number of nitrogens with two attached hydrogens (primary N) is 2. The molecule has 0 saturated carbocycles. The molecule has 8 heteroatoms. The number of rotatable bonds is 7. The summed E-state index contributed by atoms with van der Waals surface area (Å²) in [6, 6.07) is 1.31. The van der Waals surface area contributed by atoms with Crippen molar-refractivity contribution in [1.82, 2.24) is 4.98 Å². The molecule has 6 N–H and O–H groups in total. The Morgan fingerprint density at radius 2 is 2.22 bits per heavy atom. The highest BCUT2D eigenvalue weighted by molar-refractivity contribution is 5.89. The van der Waals surface area contributed by atoms with E-state index < -0.39 is 11.9 Å². The SMILES string of the molecule is NC(=O)COCCNc1ncc(C(=O)O)cc1N. The highest BCUT2D eigenvalue weighted by Gasteiger charge is 2.07. The second-order valence-electron chi connectivity index (χ2n) is 3.41. The molecule has 0 aromatic carbocycles. The van der Waals surface area contributed by atoms with Gasteiger partial charge in [0.1, 0.15) is 12.4 Å². The van der Waals surface area contributed by atoms with Gasteiger partial charge in [-0.3, -0.25) is 4.79 Å². The van der Waals surface area contributed by atoms with Gasteiger partial charge in [0.25, 0.3) is 0 Å². The first-order chi connectivity index (χ1) is 8.50. The van der Waals surface area contributed by atoms with Crippen LogP contribution >= 0.6 is 0 Å². The average molecular weight is 254 g/mol. The predicted molar refractivity (Wildman–Crippen MR) is 64.1 cm³/mol. The Morgan fingerprint density at radius 3 is 2.78 bits per heavy atom. The molecular weight excluding hydrogens is 240 g/mol. The van der Waals surface area contributed by atoms with Gasteiger partial charge in [0.2, 0.25) is 5.91 Å². The van der Waals surface area contributed by atoms with Crippen molar-refractivity contribution in [3.63, 3.8) is 0 Å². The number of ether oxygens (including phenoxy) is 1. The van der Waals surface area contributed by atoms with Crippen LogP contribution in [0, 0.1) is 0 Å². The van der Waals surface area contributed by atoms with Crippen LogP contribution < -0.4 is 16.8 Å². The number of carboxylic acid groups (broad SMARTS) is 1. The van der Waals surface area contributed by atoms with Crippen LogP contribution in [-0.4, -0.2) is 41.7 Å². The largest absolute Gasteiger partial charge is 0.478 e. The second-order valence-corrected chi connectivity index (χ2v) is 3.41. The third-order valence-corrected chi connectivity index (χ3v) is 1.95. The van der Waals surface area contributed by atoms with E-state index in [0.29, 0.717) is 12.4 Å². The Balaban J connectivity index is 2.43. The van der Waals surface area contributed by atoms with E-state index in [1.807, 2.05) is 0 Å². The summed E-state index contributed by atoms with van der Waals surface area (Å²) in [6.07, 6.45) is 1.20. The maximum Gasteiger partial charge on any atom is 0.337 e. The van der Waals surface area contributed by atoms with Gasteiger partial charge in [0.05, 0.1) is 17.9 Å². The van der Waals surface area contributed by atoms with Crippen LogP contribution in [0.5, 0.6) is 0 Å². The summed E-state index contributed by atoms with van der Waals surface area (Å²) in [5.41, 5.74) is 10.7. The normalized spacial score (nSPS) is 10.0. The van der Waals surface area contributed by atoms with Gasteiger partial charge in [-0.1, -0.05) is 0 Å². The lowest BCUT2D eigenvalue weighted by atomic mass is 10.2. The molecule has 1 aromatic rings. The molecule has 0 aliphatic heterocycles. The quantitative estimate of drug-likeness (QED) is 0.470. The smallest absolute Gasteiger partial charge is 0.337 e. The van der Waals surface area contributed by atoms with E-state index in [9.17, 15) is 9.59 Å². The number of nitrogens with zero attached hydrogens (tertiary/aromatic N) is 1. The van der Waals surface area contributed by atoms with E-state index >= 15 is 0 Å². The van der Waals surface area contributed by atoms with Crippen LogP contribution in [0.15, 0.2) is 12.3 Å². The minimum Gasteiger partial charge on any atom is -0.478 e. The van der Waals surface area contributed by atoms with Crippen molar-refractivity contribution >= 4 is 23.4 Å². The predicted octanol–water partition coefficient (Wildman–Crippen LogP) is -0.724. The average Bonchev–Trinajstić information content (AvgIpc) is 2.29. The zero-order valence-electron chi connectivity index (χ0n) is 9.55. The summed E-state index contributed by atoms with van der Waals surface area (Å²) >= 11 is 0. The fraction of sp³-hybridized carbons (Fsp3) is 0.300. The molecule has 0 atom stereocenters. The lowest BCUT2D eigenvalue weighted by molar-refractivity contribution is -0.122. The Kier molecular flexibility index (Phi) is 4.88. The number of nitrogens with one attached hydrogen (secondary N) is 1. The van der Waals surface area contributed by atoms with Gasteiger partial charge in [-0.05, 0) is 6.07 Å². The molecule has 0 saturated heterocycles. The molecule has 0 aliphatic carbocycles. The standard InChI is InChI=1S/C10H14N4O4/c11-7-3-6(10(16)17)4-14-9(7)13-1-2-18-5-8(12)15/h3-4H,1-2,5,11H2,(H2,12,15)(H,13,14)(H,16,17). The summed E-state index contributed by atoms with van der Waals surface area (Å²) in [5, 5.41) is 11.6. The zero-order valence-corrected chi connectivity index (χ0v) is 9.55. The Hall–Kier alpha value is -2.35. The molecule has 1 amide bonds. The van der Waals surface area contributed by atoms with Gasteiger partial charge < -0.3 is 26.6 Å². The Bertz CT molecular complexity index is 450. The maximum atomic E-state index is 10.6. The molecule has 0 bridgehead atoms. The number of aromatic carboxylic acids is 1. The molecule has 0 radical (unpaired) electrons. The number of hydrogen-bond acceptors (Lipinski definition) is 6. The van der Waals surface area contributed by atoms with Gasteiger partial charge in [-0.2, -0.15) is 0 Å². The minimum atomic E-state index is -1.09. The minimum absolute atomic E-state index is 0.0167. The van der Waals surface area contributed by atoms with Crippen molar-refractivity contribution in [3.8, 4) is 0 Å². The number of primary amides is 1. The molecule has 1 aromatic heterocycles. The highest BCUT2D eigenvalue weighted by Crippen LogP contribution is 2.15. The first-order valence-electron chi connectivity index (χ1n) is 5.09. The van der Waals surface area contributed by atoms with Crippen LogP contribution in [0.3, 0.4) is 0 Å². The monoisotopic (exact) mass is 254 g/mol. The van der Waals surface area contributed by atoms with E-state index in [-0.39, 0.29) is 24.5 Å². The van der Waals surface area contributed by atoms with Crippen LogP contribution in [0.4, 0.5) is 11.5 Å². The summed E-state index contributed by atoms with van der Waals surface area (Å²) in [5.74, 6) is -1.27. The third-order valence-electron chi connectivity index (χ3n) is 1.95. The molecule has 0 fully saturated rings. The van der Waals surface area contributed by atoms with Crippen molar-refractivity contribution in [2.75, 3.05) is 30.8 Å². The number of amides is 1. The topological polar surface area (TPSA) is 141 Å². The van der Waals surface area contributed by atoms with Crippen molar-refractivity contribution in [1.29, 1.82) is 0 Å². The number of carbonyl (C=O) groups is 2. The molecule has 0 unspecified atom stereocenters. The second kappa shape index (κ2) is 6.40. The summed E-state index contributed by atoms with van der Waals surface area (Å²) in [6.45, 7) is 0.476. The molecule has 0 aliphatic rings. The molecular formula is C10H14N4O4. The molecule has 1 heterocycles. The van der Waals surface area contributed by atoms with Crippen LogP contribution in [0.1, 0.15) is 10.4 Å². The van der Waals surface area contributed by atoms with Gasteiger partial charge in [0, 0.05) is 12.7 Å². The van der Waals surface area contributed by atoms with Crippen molar-refractivity contribution in [2.24, 2.45) is 5.73 Å². The van der Waals surface area contributed by atoms with Crippen LogP contribution in [-0.2, 0) is 9.53 Å². The van der Waals surface area contributed by atoms with Crippen LogP contribution in [0.2, 0.25) is 0 Å². The molecule has 18 heavy (non-hydrogen) atoms. The van der Waals surface area contributed by atoms with Gasteiger partial charge in [0.15, 0.2) is 0 Å².